The van der Waals surface area contributed by atoms with Gasteiger partial charge in [0, 0.05) is 57.0 Å². The van der Waals surface area contributed by atoms with E-state index in [1.54, 1.807) is 17.0 Å². The summed E-state index contributed by atoms with van der Waals surface area (Å²) in [7, 11) is 0. The van der Waals surface area contributed by atoms with E-state index in [9.17, 15) is 19.7 Å². The zero-order valence-electron chi connectivity index (χ0n) is 17.8. The summed E-state index contributed by atoms with van der Waals surface area (Å²) in [5.41, 5.74) is 0.251. The van der Waals surface area contributed by atoms with Gasteiger partial charge in [0.25, 0.3) is 11.6 Å². The van der Waals surface area contributed by atoms with Gasteiger partial charge < -0.3 is 14.5 Å². The number of amides is 2. The molecule has 2 amide bonds. The monoisotopic (exact) mass is 430 g/mol. The Morgan fingerprint density at radius 2 is 1.68 bits per heavy atom. The summed E-state index contributed by atoms with van der Waals surface area (Å²) < 4.78 is 5.41. The van der Waals surface area contributed by atoms with E-state index in [0.29, 0.717) is 64.0 Å². The number of nitro benzene ring substituents is 1. The largest absolute Gasteiger partial charge is 0.378 e. The summed E-state index contributed by atoms with van der Waals surface area (Å²) >= 11 is 0. The fraction of sp³-hybridized carbons (Fsp3) is 0.636. The molecule has 0 unspecified atom stereocenters. The van der Waals surface area contributed by atoms with E-state index in [0.717, 1.165) is 12.8 Å². The highest BCUT2D eigenvalue weighted by atomic mass is 16.6. The number of rotatable bonds is 5. The van der Waals surface area contributed by atoms with Gasteiger partial charge in [-0.25, -0.2) is 0 Å². The number of ether oxygens (including phenoxy) is 1. The first-order valence-corrected chi connectivity index (χ1v) is 11.2. The van der Waals surface area contributed by atoms with Crippen LogP contribution >= 0.6 is 0 Å². The molecule has 2 heterocycles. The molecule has 2 aliphatic heterocycles. The first-order chi connectivity index (χ1) is 15.0. The molecule has 3 aliphatic rings. The number of nitrogens with zero attached hydrogens (tertiary/aromatic N) is 4. The number of hydrogen-bond acceptors (Lipinski definition) is 6. The zero-order valence-corrected chi connectivity index (χ0v) is 17.8. The minimum atomic E-state index is -0.488. The van der Waals surface area contributed by atoms with Crippen molar-refractivity contribution >= 4 is 17.5 Å². The van der Waals surface area contributed by atoms with E-state index in [4.69, 9.17) is 4.74 Å². The van der Waals surface area contributed by atoms with Crippen molar-refractivity contribution in [2.75, 3.05) is 52.5 Å². The molecule has 0 bridgehead atoms. The lowest BCUT2D eigenvalue weighted by molar-refractivity contribution is -0.384. The smallest absolute Gasteiger partial charge is 0.270 e. The Kier molecular flexibility index (Phi) is 6.82. The van der Waals surface area contributed by atoms with Crippen molar-refractivity contribution in [3.63, 3.8) is 0 Å². The molecular formula is C22H30N4O5. The van der Waals surface area contributed by atoms with E-state index in [2.05, 4.69) is 4.90 Å². The van der Waals surface area contributed by atoms with E-state index in [-0.39, 0.29) is 23.5 Å². The Hall–Kier alpha value is -2.52. The van der Waals surface area contributed by atoms with Crippen molar-refractivity contribution in [3.05, 3.63) is 39.9 Å². The summed E-state index contributed by atoms with van der Waals surface area (Å²) in [6.45, 7) is 4.78. The molecule has 9 nitrogen and oxygen atoms in total. The molecule has 31 heavy (non-hydrogen) atoms. The van der Waals surface area contributed by atoms with Gasteiger partial charge in [0.1, 0.15) is 0 Å². The first kappa shape index (κ1) is 21.7. The van der Waals surface area contributed by atoms with E-state index >= 15 is 0 Å². The number of morpholine rings is 1. The number of hydrogen-bond donors (Lipinski definition) is 0. The van der Waals surface area contributed by atoms with Crippen LogP contribution in [0.15, 0.2) is 24.3 Å². The van der Waals surface area contributed by atoms with Crippen LogP contribution in [0, 0.1) is 16.0 Å². The van der Waals surface area contributed by atoms with E-state index < -0.39 is 4.92 Å². The van der Waals surface area contributed by atoms with Gasteiger partial charge in [-0.3, -0.25) is 24.6 Å². The van der Waals surface area contributed by atoms with Crippen LogP contribution in [0.4, 0.5) is 5.69 Å². The lowest BCUT2D eigenvalue weighted by atomic mass is 9.94. The summed E-state index contributed by atoms with van der Waals surface area (Å²) in [6.07, 6.45) is 4.49. The molecule has 9 heteroatoms. The SMILES string of the molecule is O=C(c1cccc([N+](=O)[O-])c1)N1CCN([C@H](C(=O)N2CCOCC2)C2CCCC2)CC1. The predicted octanol–water partition coefficient (Wildman–Crippen LogP) is 1.77. The third-order valence-electron chi connectivity index (χ3n) is 6.72. The summed E-state index contributed by atoms with van der Waals surface area (Å²) in [4.78, 5) is 42.8. The van der Waals surface area contributed by atoms with Crippen LogP contribution in [0.2, 0.25) is 0 Å². The number of benzene rings is 1. The minimum Gasteiger partial charge on any atom is -0.378 e. The molecule has 1 atom stereocenters. The highest BCUT2D eigenvalue weighted by Gasteiger charge is 2.39. The lowest BCUT2D eigenvalue weighted by Crippen LogP contribution is -2.59. The van der Waals surface area contributed by atoms with E-state index in [1.165, 1.54) is 25.0 Å². The number of piperazine rings is 1. The molecule has 0 aromatic heterocycles. The average molecular weight is 431 g/mol. The highest BCUT2D eigenvalue weighted by molar-refractivity contribution is 5.95. The topological polar surface area (TPSA) is 96.2 Å². The van der Waals surface area contributed by atoms with Crippen molar-refractivity contribution in [1.82, 2.24) is 14.7 Å². The van der Waals surface area contributed by atoms with Crippen LogP contribution in [0.5, 0.6) is 0 Å². The molecule has 168 valence electrons. The van der Waals surface area contributed by atoms with Crippen LogP contribution in [0.1, 0.15) is 36.0 Å². The fourth-order valence-corrected chi connectivity index (χ4v) is 5.04. The van der Waals surface area contributed by atoms with Gasteiger partial charge in [0.05, 0.1) is 24.2 Å². The molecule has 1 aromatic rings. The Labute approximate surface area is 182 Å². The Morgan fingerprint density at radius 3 is 2.32 bits per heavy atom. The summed E-state index contributed by atoms with van der Waals surface area (Å²) in [5.74, 6) is 0.378. The molecule has 3 fully saturated rings. The molecular weight excluding hydrogens is 400 g/mol. The number of carbonyl (C=O) groups excluding carboxylic acids is 2. The lowest BCUT2D eigenvalue weighted by Gasteiger charge is -2.43. The average Bonchev–Trinajstić information content (AvgIpc) is 3.34. The molecule has 0 N–H and O–H groups in total. The fourth-order valence-electron chi connectivity index (χ4n) is 5.04. The van der Waals surface area contributed by atoms with Gasteiger partial charge >= 0.3 is 0 Å². The molecule has 2 saturated heterocycles. The first-order valence-electron chi connectivity index (χ1n) is 11.2. The second-order valence-electron chi connectivity index (χ2n) is 8.56. The number of carbonyl (C=O) groups is 2. The predicted molar refractivity (Wildman–Crippen MR) is 114 cm³/mol. The van der Waals surface area contributed by atoms with Crippen LogP contribution in [0.3, 0.4) is 0 Å². The van der Waals surface area contributed by atoms with Crippen LogP contribution in [-0.4, -0.2) is 90.0 Å². The molecule has 0 radical (unpaired) electrons. The number of nitro groups is 1. The van der Waals surface area contributed by atoms with Crippen molar-refractivity contribution < 1.29 is 19.2 Å². The molecule has 1 saturated carbocycles. The molecule has 4 rings (SSSR count). The molecule has 1 aliphatic carbocycles. The number of non-ortho nitro benzene ring substituents is 1. The summed E-state index contributed by atoms with van der Waals surface area (Å²) in [6, 6.07) is 5.75. The van der Waals surface area contributed by atoms with Gasteiger partial charge in [-0.05, 0) is 24.8 Å². The van der Waals surface area contributed by atoms with Gasteiger partial charge in [-0.2, -0.15) is 0 Å². The third kappa shape index (κ3) is 4.88. The van der Waals surface area contributed by atoms with Crippen molar-refractivity contribution in [1.29, 1.82) is 0 Å². The normalized spacial score (nSPS) is 21.8. The molecule has 1 aromatic carbocycles. The Morgan fingerprint density at radius 1 is 1.00 bits per heavy atom. The standard InChI is InChI=1S/C22H30N4O5/c27-21(18-6-3-7-19(16-18)26(29)30)24-10-8-23(9-11-24)20(17-4-1-2-5-17)22(28)25-12-14-31-15-13-25/h3,6-7,16-17,20H,1-2,4-5,8-15H2/t20-/m0/s1. The zero-order chi connectivity index (χ0) is 21.8. The quantitative estimate of drug-likeness (QED) is 0.522. The second kappa shape index (κ2) is 9.74. The maximum absolute atomic E-state index is 13.4. The van der Waals surface area contributed by atoms with Crippen molar-refractivity contribution in [3.8, 4) is 0 Å². The van der Waals surface area contributed by atoms with Gasteiger partial charge in [-0.1, -0.05) is 18.9 Å². The maximum Gasteiger partial charge on any atom is 0.270 e. The Balaban J connectivity index is 1.42. The van der Waals surface area contributed by atoms with E-state index in [1.807, 2.05) is 4.90 Å². The van der Waals surface area contributed by atoms with Crippen molar-refractivity contribution in [2.24, 2.45) is 5.92 Å². The second-order valence-corrected chi connectivity index (χ2v) is 8.56. The van der Waals surface area contributed by atoms with Crippen LogP contribution in [-0.2, 0) is 9.53 Å². The minimum absolute atomic E-state index is 0.0816. The van der Waals surface area contributed by atoms with Gasteiger partial charge in [0.2, 0.25) is 5.91 Å². The van der Waals surface area contributed by atoms with Crippen molar-refractivity contribution in [2.45, 2.75) is 31.7 Å². The molecule has 0 spiro atoms. The van der Waals surface area contributed by atoms with Gasteiger partial charge in [0.15, 0.2) is 0 Å². The summed E-state index contributed by atoms with van der Waals surface area (Å²) in [5, 5.41) is 11.0. The highest BCUT2D eigenvalue weighted by Crippen LogP contribution is 2.32. The van der Waals surface area contributed by atoms with Crippen LogP contribution in [0.25, 0.3) is 0 Å². The van der Waals surface area contributed by atoms with Gasteiger partial charge in [-0.15, -0.1) is 0 Å². The maximum atomic E-state index is 13.4. The van der Waals surface area contributed by atoms with Crippen LogP contribution < -0.4 is 0 Å². The third-order valence-corrected chi connectivity index (χ3v) is 6.72. The Bertz CT molecular complexity index is 812.